The van der Waals surface area contributed by atoms with Crippen LogP contribution in [-0.4, -0.2) is 63.3 Å². The van der Waals surface area contributed by atoms with E-state index >= 15 is 0 Å². The molecule has 1 aliphatic heterocycles. The largest absolute Gasteiger partial charge is 0.490 e. The molecule has 0 aliphatic carbocycles. The van der Waals surface area contributed by atoms with Gasteiger partial charge in [-0.05, 0) is 47.0 Å². The first-order valence-corrected chi connectivity index (χ1v) is 13.1. The number of aromatic amines is 1. The van der Waals surface area contributed by atoms with Gasteiger partial charge in [0, 0.05) is 56.4 Å². The minimum atomic E-state index is -5.08. The van der Waals surface area contributed by atoms with Crippen molar-refractivity contribution in [3.8, 4) is 22.5 Å². The lowest BCUT2D eigenvalue weighted by Gasteiger charge is -2.36. The van der Waals surface area contributed by atoms with Crippen molar-refractivity contribution in [2.75, 3.05) is 31.1 Å². The van der Waals surface area contributed by atoms with E-state index in [4.69, 9.17) is 14.9 Å². The first kappa shape index (κ1) is 27.9. The maximum atomic E-state index is 10.6. The van der Waals surface area contributed by atoms with E-state index in [1.807, 2.05) is 30.6 Å². The number of carboxylic acid groups (broad SMARTS) is 1. The fourth-order valence-electron chi connectivity index (χ4n) is 4.72. The molecule has 1 saturated heterocycles. The number of hydrogen-bond acceptors (Lipinski definition) is 5. The number of H-pyrrole nitrogens is 1. The van der Waals surface area contributed by atoms with Gasteiger partial charge in [0.25, 0.3) is 0 Å². The second kappa shape index (κ2) is 12.2. The number of fused-ring (bicyclic) bond motifs is 1. The van der Waals surface area contributed by atoms with E-state index in [2.05, 4.69) is 86.5 Å². The first-order valence-electron chi connectivity index (χ1n) is 13.1. The van der Waals surface area contributed by atoms with Crippen LogP contribution in [0.5, 0.6) is 0 Å². The number of alkyl halides is 3. The van der Waals surface area contributed by atoms with Crippen LogP contribution in [-0.2, 0) is 11.3 Å². The molecule has 3 heterocycles. The zero-order chi connectivity index (χ0) is 28.8. The number of aliphatic carboxylic acids is 1. The fourth-order valence-corrected chi connectivity index (χ4v) is 4.72. The number of para-hydroxylation sites is 2. The molecule has 0 spiro atoms. The van der Waals surface area contributed by atoms with E-state index in [0.29, 0.717) is 0 Å². The average molecular weight is 560 g/mol. The van der Waals surface area contributed by atoms with Crippen LogP contribution in [0.4, 0.5) is 18.9 Å². The molecular weight excluding hydrogens is 531 g/mol. The van der Waals surface area contributed by atoms with Crippen LogP contribution in [0.1, 0.15) is 5.56 Å². The molecule has 0 radical (unpaired) electrons. The van der Waals surface area contributed by atoms with Gasteiger partial charge in [0.15, 0.2) is 0 Å². The number of benzene rings is 3. The molecule has 6 rings (SSSR count). The summed E-state index contributed by atoms with van der Waals surface area (Å²) in [7, 11) is 0. The summed E-state index contributed by atoms with van der Waals surface area (Å²) in [4.78, 5) is 26.2. The number of hydrogen-bond donors (Lipinski definition) is 2. The van der Waals surface area contributed by atoms with Gasteiger partial charge in [-0.2, -0.15) is 13.2 Å². The number of piperazine rings is 1. The number of carboxylic acids is 1. The molecule has 2 N–H and O–H groups in total. The maximum Gasteiger partial charge on any atom is 0.490 e. The molecule has 1 fully saturated rings. The van der Waals surface area contributed by atoms with Gasteiger partial charge in [-0.15, -0.1) is 0 Å². The normalized spacial score (nSPS) is 14.0. The Morgan fingerprint density at radius 3 is 2.15 bits per heavy atom. The Morgan fingerprint density at radius 2 is 1.49 bits per heavy atom. The smallest absolute Gasteiger partial charge is 0.475 e. The quantitative estimate of drug-likeness (QED) is 0.265. The molecule has 0 saturated carbocycles. The molecule has 5 aromatic rings. The van der Waals surface area contributed by atoms with Crippen molar-refractivity contribution in [3.05, 3.63) is 103 Å². The van der Waals surface area contributed by atoms with Gasteiger partial charge in [-0.3, -0.25) is 9.88 Å². The summed E-state index contributed by atoms with van der Waals surface area (Å²) in [6, 6.07) is 29.9. The van der Waals surface area contributed by atoms with Crippen LogP contribution in [0.2, 0.25) is 0 Å². The Labute approximate surface area is 234 Å². The Hall–Kier alpha value is -4.70. The Kier molecular flexibility index (Phi) is 8.30. The van der Waals surface area contributed by atoms with E-state index in [0.717, 1.165) is 55.1 Å². The minimum Gasteiger partial charge on any atom is -0.475 e. The predicted octanol–water partition coefficient (Wildman–Crippen LogP) is 6.25. The van der Waals surface area contributed by atoms with E-state index in [9.17, 15) is 13.2 Å². The zero-order valence-electron chi connectivity index (χ0n) is 22.1. The number of halogens is 3. The van der Waals surface area contributed by atoms with Gasteiger partial charge in [-0.25, -0.2) is 9.78 Å². The van der Waals surface area contributed by atoms with Crippen molar-refractivity contribution < 1.29 is 23.1 Å². The average Bonchev–Trinajstić information content (AvgIpc) is 3.43. The molecule has 7 nitrogen and oxygen atoms in total. The SMILES string of the molecule is O=C(O)C(F)(F)F.c1cc(-c2ccc(CN3CCN(c4ccncc4)CC3)cc2)cc(-c2nc3ccccc3[nH]2)c1. The van der Waals surface area contributed by atoms with Crippen LogP contribution < -0.4 is 4.90 Å². The van der Waals surface area contributed by atoms with Crippen molar-refractivity contribution in [2.45, 2.75) is 12.7 Å². The summed E-state index contributed by atoms with van der Waals surface area (Å²) >= 11 is 0. The molecule has 0 atom stereocenters. The van der Waals surface area contributed by atoms with E-state index in [1.54, 1.807) is 0 Å². The Bertz CT molecular complexity index is 1560. The molecule has 2 aromatic heterocycles. The number of carbonyl (C=O) groups is 1. The topological polar surface area (TPSA) is 85.3 Å². The highest BCUT2D eigenvalue weighted by Crippen LogP contribution is 2.27. The zero-order valence-corrected chi connectivity index (χ0v) is 22.1. The van der Waals surface area contributed by atoms with Crippen LogP contribution in [0, 0.1) is 0 Å². The van der Waals surface area contributed by atoms with Crippen molar-refractivity contribution >= 4 is 22.7 Å². The third-order valence-electron chi connectivity index (χ3n) is 6.86. The van der Waals surface area contributed by atoms with E-state index in [1.165, 1.54) is 22.4 Å². The van der Waals surface area contributed by atoms with Gasteiger partial charge in [-0.1, -0.05) is 54.6 Å². The summed E-state index contributed by atoms with van der Waals surface area (Å²) < 4.78 is 31.7. The van der Waals surface area contributed by atoms with Crippen molar-refractivity contribution in [1.29, 1.82) is 0 Å². The molecule has 3 aromatic carbocycles. The lowest BCUT2D eigenvalue weighted by atomic mass is 10.0. The van der Waals surface area contributed by atoms with Crippen molar-refractivity contribution in [2.24, 2.45) is 0 Å². The number of imidazole rings is 1. The number of nitrogens with zero attached hydrogens (tertiary/aromatic N) is 4. The van der Waals surface area contributed by atoms with Gasteiger partial charge in [0.2, 0.25) is 0 Å². The predicted molar refractivity (Wildman–Crippen MR) is 152 cm³/mol. The summed E-state index contributed by atoms with van der Waals surface area (Å²) in [5.74, 6) is -1.85. The second-order valence-electron chi connectivity index (χ2n) is 9.65. The third kappa shape index (κ3) is 7.09. The van der Waals surface area contributed by atoms with Crippen molar-refractivity contribution in [1.82, 2.24) is 19.9 Å². The second-order valence-corrected chi connectivity index (χ2v) is 9.65. The highest BCUT2D eigenvalue weighted by atomic mass is 19.4. The fraction of sp³-hybridized carbons (Fsp3) is 0.194. The van der Waals surface area contributed by atoms with Gasteiger partial charge >= 0.3 is 12.1 Å². The van der Waals surface area contributed by atoms with E-state index < -0.39 is 12.1 Å². The monoisotopic (exact) mass is 559 g/mol. The molecule has 41 heavy (non-hydrogen) atoms. The number of pyridine rings is 1. The molecule has 210 valence electrons. The Morgan fingerprint density at radius 1 is 0.829 bits per heavy atom. The van der Waals surface area contributed by atoms with Crippen LogP contribution in [0.15, 0.2) is 97.3 Å². The molecular formula is C31H28F3N5O2. The number of nitrogens with one attached hydrogen (secondary N) is 1. The molecule has 0 bridgehead atoms. The van der Waals surface area contributed by atoms with Gasteiger partial charge in [0.1, 0.15) is 5.82 Å². The summed E-state index contributed by atoms with van der Waals surface area (Å²) in [5.41, 5.74) is 8.21. The van der Waals surface area contributed by atoms with Crippen LogP contribution in [0.25, 0.3) is 33.5 Å². The van der Waals surface area contributed by atoms with Crippen LogP contribution in [0.3, 0.4) is 0 Å². The first-order chi connectivity index (χ1) is 19.8. The summed E-state index contributed by atoms with van der Waals surface area (Å²) in [5, 5.41) is 7.12. The Balaban J connectivity index is 0.000000431. The lowest BCUT2D eigenvalue weighted by molar-refractivity contribution is -0.192. The third-order valence-corrected chi connectivity index (χ3v) is 6.86. The maximum absolute atomic E-state index is 10.6. The van der Waals surface area contributed by atoms with Gasteiger partial charge in [0.05, 0.1) is 11.0 Å². The molecule has 0 amide bonds. The van der Waals surface area contributed by atoms with Crippen molar-refractivity contribution in [3.63, 3.8) is 0 Å². The highest BCUT2D eigenvalue weighted by molar-refractivity contribution is 5.80. The molecule has 1 aliphatic rings. The van der Waals surface area contributed by atoms with Gasteiger partial charge < -0.3 is 15.0 Å². The standard InChI is InChI=1S/C29H27N5.C2HF3O2/c1-2-7-28-27(6-1)31-29(32-28)25-5-3-4-24(20-25)23-10-8-22(9-11-23)21-33-16-18-34(19-17-33)26-12-14-30-15-13-26;3-2(4,5)1(6)7/h1-15,20H,16-19,21H2,(H,31,32);(H,6,7). The molecule has 0 unspecified atom stereocenters. The summed E-state index contributed by atoms with van der Waals surface area (Å²) in [6.45, 7) is 5.24. The minimum absolute atomic E-state index is 0.908. The van der Waals surface area contributed by atoms with E-state index in [-0.39, 0.29) is 0 Å². The highest BCUT2D eigenvalue weighted by Gasteiger charge is 2.38. The number of aromatic nitrogens is 3. The van der Waals surface area contributed by atoms with Crippen LogP contribution >= 0.6 is 0 Å². The number of anilines is 1. The number of rotatable bonds is 5. The lowest BCUT2D eigenvalue weighted by Crippen LogP contribution is -2.45. The summed E-state index contributed by atoms with van der Waals surface area (Å²) in [6.07, 6.45) is -1.34. The molecule has 10 heteroatoms.